The predicted molar refractivity (Wildman–Crippen MR) is 97.6 cm³/mol. The fourth-order valence-electron chi connectivity index (χ4n) is 4.92. The van der Waals surface area contributed by atoms with Crippen LogP contribution in [-0.4, -0.2) is 9.55 Å². The summed E-state index contributed by atoms with van der Waals surface area (Å²) in [5, 5.41) is 0.980. The molecule has 0 spiro atoms. The third-order valence-electron chi connectivity index (χ3n) is 5.85. The molecule has 2 atom stereocenters. The summed E-state index contributed by atoms with van der Waals surface area (Å²) in [6, 6.07) is 4.40. The molecule has 0 aliphatic heterocycles. The Morgan fingerprint density at radius 2 is 2.26 bits per heavy atom. The molecule has 0 unspecified atom stereocenters. The Morgan fingerprint density at radius 3 is 3.00 bits per heavy atom. The maximum Gasteiger partial charge on any atom is 0.0945 e. The van der Waals surface area contributed by atoms with E-state index in [2.05, 4.69) is 34.8 Å². The Hall–Kier alpha value is -0.990. The van der Waals surface area contributed by atoms with E-state index in [-0.39, 0.29) is 12.4 Å². The van der Waals surface area contributed by atoms with E-state index >= 15 is 0 Å². The summed E-state index contributed by atoms with van der Waals surface area (Å²) in [6.07, 6.45) is 13.4. The number of hydrogen-bond acceptors (Lipinski definition) is 1. The lowest BCUT2D eigenvalue weighted by molar-refractivity contribution is 0.226. The lowest BCUT2D eigenvalue weighted by Crippen LogP contribution is -2.39. The van der Waals surface area contributed by atoms with Crippen molar-refractivity contribution in [3.05, 3.63) is 52.6 Å². The summed E-state index contributed by atoms with van der Waals surface area (Å²) in [7, 11) is 0. The summed E-state index contributed by atoms with van der Waals surface area (Å²) in [5.74, 6) is 0.660. The molecule has 2 aliphatic carbocycles. The highest BCUT2D eigenvalue weighted by molar-refractivity contribution is 6.31. The van der Waals surface area contributed by atoms with Crippen molar-refractivity contribution in [3.63, 3.8) is 0 Å². The summed E-state index contributed by atoms with van der Waals surface area (Å²) in [6.45, 7) is 3.42. The van der Waals surface area contributed by atoms with Crippen LogP contribution in [0.15, 0.2) is 30.9 Å². The van der Waals surface area contributed by atoms with Crippen LogP contribution in [0.2, 0.25) is 5.02 Å². The normalized spacial score (nSPS) is 25.6. The standard InChI is InChI=1S/C19H23ClN2.ClH/c1-2-19-7-3-4-15-5-6-17(20)16(18(15)19)10-14(11-19)12-22-9-8-21-13-22;/h5-6,8-9,13-14H,2-4,7,10-12H2,1H3;1H/t14-,19+;/m0./s1. The second-order valence-corrected chi connectivity index (χ2v) is 7.49. The van der Waals surface area contributed by atoms with Gasteiger partial charge in [0, 0.05) is 24.0 Å². The monoisotopic (exact) mass is 350 g/mol. The first-order valence-corrected chi connectivity index (χ1v) is 8.86. The zero-order chi connectivity index (χ0) is 15.2. The second kappa shape index (κ2) is 6.49. The van der Waals surface area contributed by atoms with Crippen LogP contribution >= 0.6 is 24.0 Å². The zero-order valence-corrected chi connectivity index (χ0v) is 15.2. The Labute approximate surface area is 149 Å². The molecule has 23 heavy (non-hydrogen) atoms. The Balaban J connectivity index is 0.00000156. The van der Waals surface area contributed by atoms with Crippen LogP contribution in [0.3, 0.4) is 0 Å². The molecule has 1 heterocycles. The van der Waals surface area contributed by atoms with Crippen LogP contribution in [0.4, 0.5) is 0 Å². The number of aromatic nitrogens is 2. The van der Waals surface area contributed by atoms with Gasteiger partial charge in [-0.05, 0) is 72.6 Å². The van der Waals surface area contributed by atoms with Crippen LogP contribution < -0.4 is 0 Å². The minimum absolute atomic E-state index is 0. The Bertz CT molecular complexity index is 681. The van der Waals surface area contributed by atoms with Gasteiger partial charge in [0.1, 0.15) is 0 Å². The molecule has 0 saturated carbocycles. The molecule has 2 aliphatic rings. The molecule has 0 N–H and O–H groups in total. The van der Waals surface area contributed by atoms with Gasteiger partial charge in [0.2, 0.25) is 0 Å². The highest BCUT2D eigenvalue weighted by Crippen LogP contribution is 2.51. The molecule has 0 saturated heterocycles. The average Bonchev–Trinajstić information content (AvgIpc) is 3.03. The van der Waals surface area contributed by atoms with Gasteiger partial charge in [0.05, 0.1) is 6.33 Å². The van der Waals surface area contributed by atoms with Gasteiger partial charge in [-0.15, -0.1) is 12.4 Å². The van der Waals surface area contributed by atoms with E-state index in [0.29, 0.717) is 11.3 Å². The maximum atomic E-state index is 6.61. The highest BCUT2D eigenvalue weighted by Gasteiger charge is 2.42. The molecule has 0 bridgehead atoms. The van der Waals surface area contributed by atoms with Crippen LogP contribution in [0.1, 0.15) is 49.3 Å². The topological polar surface area (TPSA) is 17.8 Å². The van der Waals surface area contributed by atoms with Crippen molar-refractivity contribution in [2.45, 2.75) is 57.4 Å². The third-order valence-corrected chi connectivity index (χ3v) is 6.21. The summed E-state index contributed by atoms with van der Waals surface area (Å²) >= 11 is 6.61. The molecule has 4 heteroatoms. The predicted octanol–water partition coefficient (Wildman–Crippen LogP) is 5.21. The van der Waals surface area contributed by atoms with Crippen molar-refractivity contribution in [3.8, 4) is 0 Å². The number of halogens is 2. The van der Waals surface area contributed by atoms with Crippen molar-refractivity contribution in [1.29, 1.82) is 0 Å². The van der Waals surface area contributed by atoms with E-state index in [1.807, 2.05) is 12.5 Å². The van der Waals surface area contributed by atoms with E-state index in [1.165, 1.54) is 37.7 Å². The van der Waals surface area contributed by atoms with Crippen LogP contribution in [-0.2, 0) is 24.8 Å². The van der Waals surface area contributed by atoms with Gasteiger partial charge in [-0.2, -0.15) is 0 Å². The van der Waals surface area contributed by atoms with Crippen molar-refractivity contribution >= 4 is 24.0 Å². The Kier molecular flexibility index (Phi) is 4.75. The number of aryl methyl sites for hydroxylation is 1. The molecular formula is C19H24Cl2N2. The van der Waals surface area contributed by atoms with E-state index in [1.54, 1.807) is 11.1 Å². The van der Waals surface area contributed by atoms with Crippen molar-refractivity contribution < 1.29 is 0 Å². The lowest BCUT2D eigenvalue weighted by atomic mass is 9.59. The molecule has 0 fully saturated rings. The smallest absolute Gasteiger partial charge is 0.0945 e. The van der Waals surface area contributed by atoms with E-state index in [0.717, 1.165) is 18.0 Å². The zero-order valence-electron chi connectivity index (χ0n) is 13.6. The van der Waals surface area contributed by atoms with E-state index < -0.39 is 0 Å². The molecule has 0 radical (unpaired) electrons. The summed E-state index contributed by atoms with van der Waals surface area (Å²) in [5.41, 5.74) is 4.98. The number of rotatable bonds is 3. The van der Waals surface area contributed by atoms with Gasteiger partial charge >= 0.3 is 0 Å². The van der Waals surface area contributed by atoms with Crippen molar-refractivity contribution in [2.75, 3.05) is 0 Å². The van der Waals surface area contributed by atoms with Crippen LogP contribution in [0, 0.1) is 5.92 Å². The van der Waals surface area contributed by atoms with Gasteiger partial charge in [-0.3, -0.25) is 0 Å². The largest absolute Gasteiger partial charge is 0.337 e. The van der Waals surface area contributed by atoms with Gasteiger partial charge in [-0.25, -0.2) is 4.98 Å². The molecular weight excluding hydrogens is 327 g/mol. The minimum Gasteiger partial charge on any atom is -0.337 e. The first-order chi connectivity index (χ1) is 10.7. The minimum atomic E-state index is 0. The first kappa shape index (κ1) is 16.9. The first-order valence-electron chi connectivity index (χ1n) is 8.48. The third kappa shape index (κ3) is 2.81. The number of imidazole rings is 1. The van der Waals surface area contributed by atoms with Gasteiger partial charge in [0.25, 0.3) is 0 Å². The summed E-state index contributed by atoms with van der Waals surface area (Å²) in [4.78, 5) is 4.19. The van der Waals surface area contributed by atoms with E-state index in [4.69, 9.17) is 11.6 Å². The molecule has 124 valence electrons. The molecule has 2 aromatic rings. The highest BCUT2D eigenvalue weighted by atomic mass is 35.5. The molecule has 1 aromatic heterocycles. The van der Waals surface area contributed by atoms with Gasteiger partial charge in [0.15, 0.2) is 0 Å². The lowest BCUT2D eigenvalue weighted by Gasteiger charge is -2.46. The number of hydrogen-bond donors (Lipinski definition) is 0. The number of nitrogens with zero attached hydrogens (tertiary/aromatic N) is 2. The van der Waals surface area contributed by atoms with Crippen LogP contribution in [0.5, 0.6) is 0 Å². The molecule has 4 rings (SSSR count). The average molecular weight is 351 g/mol. The molecule has 1 aromatic carbocycles. The van der Waals surface area contributed by atoms with Gasteiger partial charge < -0.3 is 4.57 Å². The van der Waals surface area contributed by atoms with Crippen molar-refractivity contribution in [1.82, 2.24) is 9.55 Å². The fourth-order valence-corrected chi connectivity index (χ4v) is 5.15. The fraction of sp³-hybridized carbons (Fsp3) is 0.526. The quantitative estimate of drug-likeness (QED) is 0.743. The van der Waals surface area contributed by atoms with E-state index in [9.17, 15) is 0 Å². The summed E-state index contributed by atoms with van der Waals surface area (Å²) < 4.78 is 2.22. The molecule has 0 amide bonds. The van der Waals surface area contributed by atoms with Crippen molar-refractivity contribution in [2.24, 2.45) is 5.92 Å². The van der Waals surface area contributed by atoms with Crippen LogP contribution in [0.25, 0.3) is 0 Å². The SMILES string of the molecule is CC[C@]12CCCc3ccc(Cl)c(c31)C[C@H](Cn1ccnc1)C2.Cl. The van der Waals surface area contributed by atoms with Gasteiger partial charge in [-0.1, -0.05) is 24.6 Å². The second-order valence-electron chi connectivity index (χ2n) is 7.08. The maximum absolute atomic E-state index is 6.61. The molecule has 2 nitrogen and oxygen atoms in total. The Morgan fingerprint density at radius 1 is 1.39 bits per heavy atom. The number of benzene rings is 1.